The van der Waals surface area contributed by atoms with Gasteiger partial charge in [-0.15, -0.1) is 0 Å². The van der Waals surface area contributed by atoms with Gasteiger partial charge in [0.2, 0.25) is 0 Å². The molecule has 0 bridgehead atoms. The van der Waals surface area contributed by atoms with Crippen molar-refractivity contribution in [2.24, 2.45) is 0 Å². The van der Waals surface area contributed by atoms with Gasteiger partial charge in [0.15, 0.2) is 0 Å². The molecule has 0 aliphatic carbocycles. The van der Waals surface area contributed by atoms with Gasteiger partial charge in [0.25, 0.3) is 0 Å². The van der Waals surface area contributed by atoms with Crippen molar-refractivity contribution in [1.82, 2.24) is 4.31 Å². The predicted molar refractivity (Wildman–Crippen MR) is 93.0 cm³/mol. The number of hydrogen-bond donors (Lipinski definition) is 0. The third kappa shape index (κ3) is 8.91. The minimum absolute atomic E-state index is 0.660. The van der Waals surface area contributed by atoms with Crippen LogP contribution in [0.4, 0.5) is 0 Å². The summed E-state index contributed by atoms with van der Waals surface area (Å²) < 4.78 is 19.9. The van der Waals surface area contributed by atoms with Crippen molar-refractivity contribution >= 4 is 30.6 Å². The molecule has 0 unspecified atom stereocenters. The fourth-order valence-electron chi connectivity index (χ4n) is 1.79. The smallest absolute Gasteiger partial charge is 0.374 e. The Morgan fingerprint density at radius 2 is 1.35 bits per heavy atom. The Bertz CT molecular complexity index is 205. The van der Waals surface area contributed by atoms with E-state index in [-0.39, 0.29) is 0 Å². The molecule has 4 nitrogen and oxygen atoms in total. The maximum atomic E-state index is 5.85. The van der Waals surface area contributed by atoms with Crippen LogP contribution in [0.15, 0.2) is 0 Å². The molecule has 122 valence electrons. The summed E-state index contributed by atoms with van der Waals surface area (Å²) in [7, 11) is 1.33. The Morgan fingerprint density at radius 1 is 0.850 bits per heavy atom. The summed E-state index contributed by atoms with van der Waals surface area (Å²) in [5.41, 5.74) is 0. The molecule has 0 saturated carbocycles. The zero-order valence-corrected chi connectivity index (χ0v) is 16.3. The van der Waals surface area contributed by atoms with Crippen LogP contribution in [0.5, 0.6) is 0 Å². The highest BCUT2D eigenvalue weighted by molar-refractivity contribution is 8.75. The Hall–Kier alpha value is 0.757. The van der Waals surface area contributed by atoms with Gasteiger partial charge in [-0.05, 0) is 38.2 Å². The van der Waals surface area contributed by atoms with E-state index in [1.807, 2.05) is 42.5 Å². The molecule has 0 aliphatic heterocycles. The van der Waals surface area contributed by atoms with E-state index in [2.05, 4.69) is 18.2 Å². The summed E-state index contributed by atoms with van der Waals surface area (Å²) in [6, 6.07) is 0.911. The molecule has 20 heavy (non-hydrogen) atoms. The van der Waals surface area contributed by atoms with Gasteiger partial charge >= 0.3 is 8.80 Å². The molecule has 0 N–H and O–H groups in total. The summed E-state index contributed by atoms with van der Waals surface area (Å²) in [6.45, 7) is 14.5. The van der Waals surface area contributed by atoms with E-state index in [9.17, 15) is 0 Å². The molecule has 0 heterocycles. The maximum Gasteiger partial charge on any atom is 0.500 e. The van der Waals surface area contributed by atoms with Crippen LogP contribution < -0.4 is 0 Å². The van der Waals surface area contributed by atoms with Crippen molar-refractivity contribution < 1.29 is 13.3 Å². The lowest BCUT2D eigenvalue weighted by atomic mass is 10.6. The molecule has 0 fully saturated rings. The highest BCUT2D eigenvalue weighted by Crippen LogP contribution is 2.28. The molecule has 0 radical (unpaired) electrons. The molecule has 7 heteroatoms. The van der Waals surface area contributed by atoms with E-state index in [1.54, 1.807) is 0 Å². The van der Waals surface area contributed by atoms with Gasteiger partial charge in [-0.1, -0.05) is 24.6 Å². The molecule has 0 aromatic carbocycles. The number of rotatable bonds is 14. The SMILES string of the molecule is CCO[Si](CCCSSN(CC)CC)(OCC)OCC. The lowest BCUT2D eigenvalue weighted by Crippen LogP contribution is -2.46. The Labute approximate surface area is 134 Å². The molecule has 0 aliphatic rings. The number of nitrogens with zero attached hydrogens (tertiary/aromatic N) is 1. The highest BCUT2D eigenvalue weighted by Gasteiger charge is 2.39. The second-order valence-corrected chi connectivity index (χ2v) is 9.29. The topological polar surface area (TPSA) is 30.9 Å². The van der Waals surface area contributed by atoms with E-state index in [0.29, 0.717) is 19.8 Å². The minimum Gasteiger partial charge on any atom is -0.374 e. The molecule has 0 atom stereocenters. The van der Waals surface area contributed by atoms with Gasteiger partial charge < -0.3 is 13.3 Å². The third-order valence-corrected chi connectivity index (χ3v) is 8.55. The number of hydrogen-bond acceptors (Lipinski definition) is 6. The quantitative estimate of drug-likeness (QED) is 0.205. The van der Waals surface area contributed by atoms with Crippen molar-refractivity contribution in [1.29, 1.82) is 0 Å². The van der Waals surface area contributed by atoms with E-state index >= 15 is 0 Å². The normalized spacial score (nSPS) is 12.3. The second-order valence-electron chi connectivity index (χ2n) is 4.10. The van der Waals surface area contributed by atoms with Crippen molar-refractivity contribution in [3.8, 4) is 0 Å². The van der Waals surface area contributed by atoms with Crippen molar-refractivity contribution in [2.75, 3.05) is 38.7 Å². The zero-order valence-electron chi connectivity index (χ0n) is 13.6. The van der Waals surface area contributed by atoms with Crippen LogP contribution >= 0.6 is 21.8 Å². The van der Waals surface area contributed by atoms with Crippen LogP contribution in [0.3, 0.4) is 0 Å². The molecule has 0 amide bonds. The summed E-state index contributed by atoms with van der Waals surface area (Å²) in [6.07, 6.45) is 1.07. The van der Waals surface area contributed by atoms with E-state index in [4.69, 9.17) is 13.3 Å². The largest absolute Gasteiger partial charge is 0.500 e. The van der Waals surface area contributed by atoms with Crippen LogP contribution in [0.1, 0.15) is 41.0 Å². The average molecular weight is 342 g/mol. The van der Waals surface area contributed by atoms with Crippen molar-refractivity contribution in [3.05, 3.63) is 0 Å². The lowest BCUT2D eigenvalue weighted by Gasteiger charge is -2.28. The molecular formula is C13H31NO3S2Si. The minimum atomic E-state index is -2.43. The fraction of sp³-hybridized carbons (Fsp3) is 1.00. The summed E-state index contributed by atoms with van der Waals surface area (Å²) >= 11 is 0. The Balaban J connectivity index is 4.05. The molecule has 0 saturated heterocycles. The van der Waals surface area contributed by atoms with Gasteiger partial charge in [-0.2, -0.15) is 0 Å². The van der Waals surface area contributed by atoms with E-state index in [1.165, 1.54) is 0 Å². The van der Waals surface area contributed by atoms with E-state index < -0.39 is 8.80 Å². The Kier molecular flexibility index (Phi) is 13.9. The standard InChI is InChI=1S/C13H31NO3S2Si/c1-6-14(7-2)19-18-12-11-13-20(15-8-3,16-9-4)17-10-5/h6-13H2,1-5H3. The monoisotopic (exact) mass is 341 g/mol. The van der Waals surface area contributed by atoms with Gasteiger partial charge in [0.05, 0.1) is 0 Å². The Morgan fingerprint density at radius 3 is 1.75 bits per heavy atom. The zero-order chi connectivity index (χ0) is 15.3. The van der Waals surface area contributed by atoms with Crippen molar-refractivity contribution in [2.45, 2.75) is 47.1 Å². The first kappa shape index (κ1) is 20.8. The molecule has 0 spiro atoms. The van der Waals surface area contributed by atoms with Crippen LogP contribution in [0.25, 0.3) is 0 Å². The highest BCUT2D eigenvalue weighted by atomic mass is 33.1. The predicted octanol–water partition coefficient (Wildman–Crippen LogP) is 4.06. The molecule has 0 aromatic rings. The van der Waals surface area contributed by atoms with Gasteiger partial charge in [-0.3, -0.25) is 0 Å². The first-order valence-electron chi connectivity index (χ1n) is 7.64. The van der Waals surface area contributed by atoms with Gasteiger partial charge in [-0.25, -0.2) is 4.31 Å². The van der Waals surface area contributed by atoms with Crippen LogP contribution in [0, 0.1) is 0 Å². The molecular weight excluding hydrogens is 310 g/mol. The fourth-order valence-corrected chi connectivity index (χ4v) is 7.01. The van der Waals surface area contributed by atoms with Crippen molar-refractivity contribution in [3.63, 3.8) is 0 Å². The maximum absolute atomic E-state index is 5.85. The van der Waals surface area contributed by atoms with Crippen LogP contribution in [-0.4, -0.2) is 51.8 Å². The molecule has 0 rings (SSSR count). The first-order valence-corrected chi connectivity index (χ1v) is 11.8. The molecule has 0 aromatic heterocycles. The first-order chi connectivity index (χ1) is 9.67. The van der Waals surface area contributed by atoms with E-state index in [0.717, 1.165) is 31.3 Å². The van der Waals surface area contributed by atoms with Gasteiger partial charge in [0.1, 0.15) is 0 Å². The summed E-state index contributed by atoms with van der Waals surface area (Å²) in [5, 5.41) is 0. The summed E-state index contributed by atoms with van der Waals surface area (Å²) in [5.74, 6) is 1.10. The van der Waals surface area contributed by atoms with Crippen LogP contribution in [0.2, 0.25) is 6.04 Å². The second kappa shape index (κ2) is 13.4. The van der Waals surface area contributed by atoms with Crippen LogP contribution in [-0.2, 0) is 13.3 Å². The lowest BCUT2D eigenvalue weighted by molar-refractivity contribution is 0.0712. The average Bonchev–Trinajstić information content (AvgIpc) is 2.44. The summed E-state index contributed by atoms with van der Waals surface area (Å²) in [4.78, 5) is 0. The van der Waals surface area contributed by atoms with Gasteiger partial charge in [0, 0.05) is 44.7 Å². The third-order valence-electron chi connectivity index (χ3n) is 2.67.